The zero-order valence-electron chi connectivity index (χ0n) is 13.1. The van der Waals surface area contributed by atoms with E-state index in [9.17, 15) is 22.4 Å². The molecule has 0 atom stereocenters. The number of benzene rings is 1. The van der Waals surface area contributed by atoms with Crippen LogP contribution in [0.25, 0.3) is 0 Å². The summed E-state index contributed by atoms with van der Waals surface area (Å²) in [5, 5.41) is 2.41. The van der Waals surface area contributed by atoms with Gasteiger partial charge in [-0.1, -0.05) is 0 Å². The number of pyridine rings is 1. The predicted molar refractivity (Wildman–Crippen MR) is 87.6 cm³/mol. The Hall–Kier alpha value is -2.20. The molecule has 0 fully saturated rings. The van der Waals surface area contributed by atoms with Gasteiger partial charge in [-0.2, -0.15) is 13.2 Å². The Morgan fingerprint density at radius 1 is 1.27 bits per heavy atom. The van der Waals surface area contributed by atoms with Gasteiger partial charge >= 0.3 is 6.18 Å². The lowest BCUT2D eigenvalue weighted by Crippen LogP contribution is -2.29. The first-order chi connectivity index (χ1) is 12.3. The fourth-order valence-electron chi connectivity index (χ4n) is 1.83. The van der Waals surface area contributed by atoms with Crippen LogP contribution in [0, 0.1) is 5.82 Å². The molecule has 0 aliphatic carbocycles. The molecule has 0 spiro atoms. The molecule has 0 aliphatic rings. The molecule has 0 aliphatic heterocycles. The van der Waals surface area contributed by atoms with E-state index in [0.717, 1.165) is 0 Å². The van der Waals surface area contributed by atoms with Crippen molar-refractivity contribution >= 4 is 21.8 Å². The normalized spacial score (nSPS) is 11.3. The smallest absolute Gasteiger partial charge is 0.411 e. The molecule has 0 saturated carbocycles. The monoisotopic (exact) mass is 436 g/mol. The van der Waals surface area contributed by atoms with Gasteiger partial charge in [0.1, 0.15) is 23.7 Å². The topological polar surface area (TPSA) is 60.5 Å². The average molecular weight is 437 g/mol. The van der Waals surface area contributed by atoms with Gasteiger partial charge in [-0.15, -0.1) is 0 Å². The molecule has 5 nitrogen and oxygen atoms in total. The molecular formula is C16H13BrF4N2O3. The number of amides is 1. The third kappa shape index (κ3) is 6.26. The van der Waals surface area contributed by atoms with Crippen molar-refractivity contribution in [1.82, 2.24) is 10.3 Å². The van der Waals surface area contributed by atoms with Crippen LogP contribution in [0.2, 0.25) is 0 Å². The van der Waals surface area contributed by atoms with Gasteiger partial charge in [0.15, 0.2) is 0 Å². The molecule has 0 radical (unpaired) electrons. The van der Waals surface area contributed by atoms with Gasteiger partial charge in [0.2, 0.25) is 5.88 Å². The molecule has 1 amide bonds. The van der Waals surface area contributed by atoms with E-state index in [-0.39, 0.29) is 30.3 Å². The van der Waals surface area contributed by atoms with E-state index in [1.165, 1.54) is 36.5 Å². The Labute approximate surface area is 154 Å². The summed E-state index contributed by atoms with van der Waals surface area (Å²) in [4.78, 5) is 16.1. The van der Waals surface area contributed by atoms with Crippen LogP contribution in [0.1, 0.15) is 10.4 Å². The van der Waals surface area contributed by atoms with Crippen LogP contribution in [-0.2, 0) is 4.74 Å². The first kappa shape index (κ1) is 20.1. The maximum atomic E-state index is 13.1. The molecule has 0 bridgehead atoms. The molecule has 26 heavy (non-hydrogen) atoms. The van der Waals surface area contributed by atoms with E-state index in [4.69, 9.17) is 4.74 Å². The van der Waals surface area contributed by atoms with Gasteiger partial charge in [0.05, 0.1) is 11.1 Å². The Balaban J connectivity index is 1.98. The number of carbonyl (C=O) groups excluding carboxylic acids is 1. The SMILES string of the molecule is O=C(NCCOCC(F)(F)F)c1cccnc1Oc1ccc(F)cc1Br. The summed E-state index contributed by atoms with van der Waals surface area (Å²) < 4.78 is 59.3. The fourth-order valence-corrected chi connectivity index (χ4v) is 2.26. The van der Waals surface area contributed by atoms with Crippen LogP contribution in [0.3, 0.4) is 0 Å². The second kappa shape index (κ2) is 8.95. The molecule has 1 aromatic carbocycles. The number of ether oxygens (including phenoxy) is 2. The highest BCUT2D eigenvalue weighted by atomic mass is 79.9. The van der Waals surface area contributed by atoms with Crippen LogP contribution < -0.4 is 10.1 Å². The summed E-state index contributed by atoms with van der Waals surface area (Å²) in [5.41, 5.74) is 0.0690. The van der Waals surface area contributed by atoms with E-state index >= 15 is 0 Å². The molecule has 1 heterocycles. The largest absolute Gasteiger partial charge is 0.437 e. The Bertz CT molecular complexity index is 771. The van der Waals surface area contributed by atoms with Crippen molar-refractivity contribution in [3.05, 3.63) is 52.4 Å². The van der Waals surface area contributed by atoms with Crippen molar-refractivity contribution in [3.8, 4) is 11.6 Å². The van der Waals surface area contributed by atoms with Gasteiger partial charge in [-0.05, 0) is 46.3 Å². The lowest BCUT2D eigenvalue weighted by atomic mass is 10.2. The highest BCUT2D eigenvalue weighted by Gasteiger charge is 2.27. The lowest BCUT2D eigenvalue weighted by molar-refractivity contribution is -0.173. The number of hydrogen-bond acceptors (Lipinski definition) is 4. The molecule has 1 N–H and O–H groups in total. The van der Waals surface area contributed by atoms with Crippen molar-refractivity contribution in [2.75, 3.05) is 19.8 Å². The van der Waals surface area contributed by atoms with E-state index in [1.807, 2.05) is 0 Å². The summed E-state index contributed by atoms with van der Waals surface area (Å²) in [6.07, 6.45) is -3.02. The minimum atomic E-state index is -4.42. The van der Waals surface area contributed by atoms with E-state index in [2.05, 4.69) is 31.0 Å². The fraction of sp³-hybridized carbons (Fsp3) is 0.250. The molecule has 1 aromatic heterocycles. The van der Waals surface area contributed by atoms with Gasteiger partial charge in [-0.25, -0.2) is 9.37 Å². The van der Waals surface area contributed by atoms with Gasteiger partial charge in [0.25, 0.3) is 5.91 Å². The maximum Gasteiger partial charge on any atom is 0.411 e. The Morgan fingerprint density at radius 2 is 2.04 bits per heavy atom. The number of carbonyl (C=O) groups is 1. The average Bonchev–Trinajstić information content (AvgIpc) is 2.56. The van der Waals surface area contributed by atoms with Crippen LogP contribution in [-0.4, -0.2) is 36.8 Å². The molecule has 10 heteroatoms. The molecule has 2 aromatic rings. The predicted octanol–water partition coefficient (Wildman–Crippen LogP) is 4.08. The van der Waals surface area contributed by atoms with Crippen LogP contribution >= 0.6 is 15.9 Å². The molecule has 140 valence electrons. The second-order valence-corrected chi connectivity index (χ2v) is 5.81. The summed E-state index contributed by atoms with van der Waals surface area (Å²) >= 11 is 3.14. The summed E-state index contributed by atoms with van der Waals surface area (Å²) in [7, 11) is 0. The zero-order valence-corrected chi connectivity index (χ0v) is 14.7. The number of halogens is 5. The summed E-state index contributed by atoms with van der Waals surface area (Å²) in [6.45, 7) is -1.81. The Morgan fingerprint density at radius 3 is 2.73 bits per heavy atom. The minimum Gasteiger partial charge on any atom is -0.437 e. The number of alkyl halides is 3. The standard InChI is InChI=1S/C16H13BrF4N2O3/c17-12-8-10(18)3-4-13(12)26-15-11(2-1-5-23-15)14(24)22-6-7-25-9-16(19,20)21/h1-5,8H,6-7,9H2,(H,22,24). The highest BCUT2D eigenvalue weighted by Crippen LogP contribution is 2.30. The van der Waals surface area contributed by atoms with Crippen LogP contribution in [0.4, 0.5) is 17.6 Å². The second-order valence-electron chi connectivity index (χ2n) is 4.96. The van der Waals surface area contributed by atoms with Crippen LogP contribution in [0.5, 0.6) is 11.6 Å². The van der Waals surface area contributed by atoms with Crippen molar-refractivity contribution < 1.29 is 31.8 Å². The molecule has 0 unspecified atom stereocenters. The van der Waals surface area contributed by atoms with Crippen molar-refractivity contribution in [3.63, 3.8) is 0 Å². The van der Waals surface area contributed by atoms with E-state index in [1.54, 1.807) is 0 Å². The zero-order chi connectivity index (χ0) is 19.2. The minimum absolute atomic E-state index is 0.0338. The van der Waals surface area contributed by atoms with Crippen molar-refractivity contribution in [2.24, 2.45) is 0 Å². The number of nitrogens with one attached hydrogen (secondary N) is 1. The number of rotatable bonds is 7. The van der Waals surface area contributed by atoms with Gasteiger partial charge in [-0.3, -0.25) is 4.79 Å². The summed E-state index contributed by atoms with van der Waals surface area (Å²) in [6, 6.07) is 6.67. The quantitative estimate of drug-likeness (QED) is 0.524. The number of aromatic nitrogens is 1. The molecular weight excluding hydrogens is 424 g/mol. The van der Waals surface area contributed by atoms with Crippen molar-refractivity contribution in [2.45, 2.75) is 6.18 Å². The van der Waals surface area contributed by atoms with Gasteiger partial charge in [0, 0.05) is 12.7 Å². The van der Waals surface area contributed by atoms with E-state index < -0.39 is 24.5 Å². The third-order valence-corrected chi connectivity index (χ3v) is 3.53. The van der Waals surface area contributed by atoms with Crippen molar-refractivity contribution in [1.29, 1.82) is 0 Å². The molecule has 0 saturated heterocycles. The molecule has 2 rings (SSSR count). The first-order valence-electron chi connectivity index (χ1n) is 7.27. The lowest BCUT2D eigenvalue weighted by Gasteiger charge is -2.12. The first-order valence-corrected chi connectivity index (χ1v) is 8.06. The maximum absolute atomic E-state index is 13.1. The van der Waals surface area contributed by atoms with Gasteiger partial charge < -0.3 is 14.8 Å². The van der Waals surface area contributed by atoms with Crippen LogP contribution in [0.15, 0.2) is 41.0 Å². The Kier molecular flexibility index (Phi) is 6.92. The number of hydrogen-bond donors (Lipinski definition) is 1. The summed E-state index contributed by atoms with van der Waals surface area (Å²) in [5.74, 6) is -0.856. The van der Waals surface area contributed by atoms with E-state index in [0.29, 0.717) is 4.47 Å². The number of nitrogens with zero attached hydrogens (tertiary/aromatic N) is 1. The highest BCUT2D eigenvalue weighted by molar-refractivity contribution is 9.10. The third-order valence-electron chi connectivity index (χ3n) is 2.91.